The van der Waals surface area contributed by atoms with Crippen molar-refractivity contribution in [1.29, 1.82) is 0 Å². The predicted octanol–water partition coefficient (Wildman–Crippen LogP) is 3.83. The maximum Gasteiger partial charge on any atom is 0.410 e. The van der Waals surface area contributed by atoms with E-state index < -0.39 is 5.60 Å². The van der Waals surface area contributed by atoms with E-state index in [9.17, 15) is 9.59 Å². The summed E-state index contributed by atoms with van der Waals surface area (Å²) in [6, 6.07) is 14.5. The Labute approximate surface area is 187 Å². The van der Waals surface area contributed by atoms with E-state index >= 15 is 0 Å². The Morgan fingerprint density at radius 3 is 2.22 bits per heavy atom. The van der Waals surface area contributed by atoms with Crippen LogP contribution in [0.3, 0.4) is 0 Å². The van der Waals surface area contributed by atoms with Crippen LogP contribution in [0.4, 0.5) is 15.3 Å². The molecule has 2 heterocycles. The van der Waals surface area contributed by atoms with Crippen LogP contribution in [0.25, 0.3) is 0 Å². The number of amides is 3. The number of anilines is 1. The number of nitrogens with zero attached hydrogens (tertiary/aromatic N) is 3. The molecule has 2 saturated heterocycles. The monoisotopic (exact) mass is 439 g/mol. The summed E-state index contributed by atoms with van der Waals surface area (Å²) in [5.41, 5.74) is 1.06. The van der Waals surface area contributed by atoms with E-state index in [1.807, 2.05) is 62.1 Å². The number of piperazine rings is 1. The average Bonchev–Trinajstić information content (AvgIpc) is 3.09. The number of ether oxygens (including phenoxy) is 2. The zero-order valence-corrected chi connectivity index (χ0v) is 18.7. The highest BCUT2D eigenvalue weighted by Crippen LogP contribution is 2.30. The highest BCUT2D eigenvalue weighted by atomic mass is 16.6. The predicted molar refractivity (Wildman–Crippen MR) is 120 cm³/mol. The third-order valence-electron chi connectivity index (χ3n) is 5.49. The molecule has 2 aliphatic rings. The molecule has 0 bridgehead atoms. The normalized spacial score (nSPS) is 18.6. The van der Waals surface area contributed by atoms with Crippen LogP contribution >= 0.6 is 0 Å². The van der Waals surface area contributed by atoms with Crippen LogP contribution in [0.2, 0.25) is 0 Å². The molecule has 2 aromatic rings. The van der Waals surface area contributed by atoms with Gasteiger partial charge in [0.05, 0.1) is 12.6 Å². The first-order valence-electron chi connectivity index (χ1n) is 10.8. The second kappa shape index (κ2) is 8.70. The lowest BCUT2D eigenvalue weighted by Gasteiger charge is -2.36. The minimum absolute atomic E-state index is 0.00755. The number of benzene rings is 2. The maximum absolute atomic E-state index is 12.9. The first-order valence-corrected chi connectivity index (χ1v) is 10.8. The Balaban J connectivity index is 1.39. The van der Waals surface area contributed by atoms with Crippen molar-refractivity contribution >= 4 is 17.8 Å². The number of aliphatic hydroxyl groups excluding tert-OH is 1. The van der Waals surface area contributed by atoms with Crippen LogP contribution < -0.4 is 9.64 Å². The van der Waals surface area contributed by atoms with E-state index in [2.05, 4.69) is 0 Å². The van der Waals surface area contributed by atoms with Crippen molar-refractivity contribution in [2.24, 2.45) is 0 Å². The topological polar surface area (TPSA) is 82.6 Å². The largest absolute Gasteiger partial charge is 0.457 e. The van der Waals surface area contributed by atoms with Crippen LogP contribution in [0.5, 0.6) is 11.5 Å². The second-order valence-electron chi connectivity index (χ2n) is 9.06. The lowest BCUT2D eigenvalue weighted by atomic mass is 10.2. The molecule has 1 N–H and O–H groups in total. The smallest absolute Gasteiger partial charge is 0.410 e. The lowest BCUT2D eigenvalue weighted by Crippen LogP contribution is -2.54. The molecule has 0 saturated carbocycles. The molecule has 8 heteroatoms. The van der Waals surface area contributed by atoms with E-state index in [1.165, 1.54) is 0 Å². The van der Waals surface area contributed by atoms with Gasteiger partial charge in [-0.05, 0) is 62.7 Å². The van der Waals surface area contributed by atoms with Gasteiger partial charge >= 0.3 is 12.1 Å². The van der Waals surface area contributed by atoms with E-state index in [-0.39, 0.29) is 24.8 Å². The summed E-state index contributed by atoms with van der Waals surface area (Å²) >= 11 is 0. The van der Waals surface area contributed by atoms with Gasteiger partial charge in [-0.3, -0.25) is 4.90 Å². The molecule has 170 valence electrons. The van der Waals surface area contributed by atoms with Gasteiger partial charge in [0.2, 0.25) is 0 Å². The molecule has 2 aromatic carbocycles. The number of fused-ring (bicyclic) bond motifs is 1. The maximum atomic E-state index is 12.9. The fraction of sp³-hybridized carbons (Fsp3) is 0.417. The molecule has 2 fully saturated rings. The van der Waals surface area contributed by atoms with Gasteiger partial charge in [0, 0.05) is 31.9 Å². The minimum Gasteiger partial charge on any atom is -0.457 e. The quantitative estimate of drug-likeness (QED) is 0.783. The Bertz CT molecular complexity index is 969. The van der Waals surface area contributed by atoms with Gasteiger partial charge in [-0.1, -0.05) is 12.1 Å². The van der Waals surface area contributed by atoms with E-state index in [4.69, 9.17) is 14.6 Å². The van der Waals surface area contributed by atoms with Gasteiger partial charge in [0.25, 0.3) is 0 Å². The number of hydrogen-bond acceptors (Lipinski definition) is 5. The SMILES string of the molecule is CC(C)(C)OC(=O)N1CCN2C(=O)N(c3ccc(Oc4ccc(CO)cc4)cc3)CC2C1. The summed E-state index contributed by atoms with van der Waals surface area (Å²) in [5.74, 6) is 1.33. The average molecular weight is 440 g/mol. The van der Waals surface area contributed by atoms with Gasteiger partial charge in [0.15, 0.2) is 0 Å². The molecule has 3 amide bonds. The molecule has 0 radical (unpaired) electrons. The number of carbonyl (C=O) groups is 2. The first-order chi connectivity index (χ1) is 15.2. The fourth-order valence-corrected chi connectivity index (χ4v) is 3.91. The standard InChI is InChI=1S/C24H29N3O5/c1-24(2,3)32-23(30)25-12-13-26-19(14-25)15-27(22(26)29)18-6-10-21(11-7-18)31-20-8-4-17(16-28)5-9-20/h4-11,19,28H,12-16H2,1-3H3. The second-order valence-corrected chi connectivity index (χ2v) is 9.06. The summed E-state index contributed by atoms with van der Waals surface area (Å²) in [6.07, 6.45) is -0.337. The molecule has 0 spiro atoms. The number of carbonyl (C=O) groups excluding carboxylic acids is 2. The summed E-state index contributed by atoms with van der Waals surface area (Å²) in [7, 11) is 0. The summed E-state index contributed by atoms with van der Waals surface area (Å²) in [5, 5.41) is 9.14. The molecule has 2 aliphatic heterocycles. The first kappa shape index (κ1) is 22.0. The van der Waals surface area contributed by atoms with Crippen molar-refractivity contribution in [2.45, 2.75) is 39.0 Å². The van der Waals surface area contributed by atoms with Crippen molar-refractivity contribution in [2.75, 3.05) is 31.1 Å². The zero-order valence-electron chi connectivity index (χ0n) is 18.7. The number of hydrogen-bond donors (Lipinski definition) is 1. The van der Waals surface area contributed by atoms with Crippen LogP contribution in [-0.4, -0.2) is 64.9 Å². The molecule has 8 nitrogen and oxygen atoms in total. The summed E-state index contributed by atoms with van der Waals surface area (Å²) in [4.78, 5) is 30.6. The summed E-state index contributed by atoms with van der Waals surface area (Å²) < 4.78 is 11.3. The van der Waals surface area contributed by atoms with Crippen molar-refractivity contribution in [3.05, 3.63) is 54.1 Å². The van der Waals surface area contributed by atoms with Crippen molar-refractivity contribution in [3.8, 4) is 11.5 Å². The Morgan fingerprint density at radius 1 is 1.00 bits per heavy atom. The highest BCUT2D eigenvalue weighted by molar-refractivity contribution is 5.95. The molecule has 0 aliphatic carbocycles. The van der Waals surface area contributed by atoms with Gasteiger partial charge in [-0.25, -0.2) is 9.59 Å². The number of urea groups is 1. The van der Waals surface area contributed by atoms with Crippen LogP contribution in [-0.2, 0) is 11.3 Å². The van der Waals surface area contributed by atoms with Gasteiger partial charge < -0.3 is 24.4 Å². The van der Waals surface area contributed by atoms with Gasteiger partial charge in [-0.2, -0.15) is 0 Å². The summed E-state index contributed by atoms with van der Waals surface area (Å²) in [6.45, 7) is 7.46. The van der Waals surface area contributed by atoms with Crippen LogP contribution in [0, 0.1) is 0 Å². The molecule has 1 unspecified atom stereocenters. The molecule has 0 aromatic heterocycles. The van der Waals surface area contributed by atoms with E-state index in [1.54, 1.807) is 21.9 Å². The Morgan fingerprint density at radius 2 is 1.62 bits per heavy atom. The molecular weight excluding hydrogens is 410 g/mol. The fourth-order valence-electron chi connectivity index (χ4n) is 3.91. The van der Waals surface area contributed by atoms with E-state index in [0.29, 0.717) is 37.7 Å². The zero-order chi connectivity index (χ0) is 22.9. The van der Waals surface area contributed by atoms with Gasteiger partial charge in [0.1, 0.15) is 17.1 Å². The Kier molecular flexibility index (Phi) is 5.97. The molecule has 1 atom stereocenters. The van der Waals surface area contributed by atoms with Crippen molar-refractivity contribution in [1.82, 2.24) is 9.80 Å². The molecule has 4 rings (SSSR count). The van der Waals surface area contributed by atoms with Crippen LogP contribution in [0.15, 0.2) is 48.5 Å². The number of rotatable bonds is 4. The van der Waals surface area contributed by atoms with E-state index in [0.717, 1.165) is 11.3 Å². The van der Waals surface area contributed by atoms with Crippen molar-refractivity contribution < 1.29 is 24.2 Å². The lowest BCUT2D eigenvalue weighted by molar-refractivity contribution is 0.0128. The Hall–Kier alpha value is -3.26. The molecule has 32 heavy (non-hydrogen) atoms. The highest BCUT2D eigenvalue weighted by Gasteiger charge is 2.42. The van der Waals surface area contributed by atoms with Gasteiger partial charge in [-0.15, -0.1) is 0 Å². The molecular formula is C24H29N3O5. The minimum atomic E-state index is -0.545. The number of aliphatic hydroxyl groups is 1. The third kappa shape index (κ3) is 4.80. The van der Waals surface area contributed by atoms with Crippen molar-refractivity contribution in [3.63, 3.8) is 0 Å². The third-order valence-corrected chi connectivity index (χ3v) is 5.49. The van der Waals surface area contributed by atoms with Crippen LogP contribution in [0.1, 0.15) is 26.3 Å².